The smallest absolute Gasteiger partial charge is 0.184 e. The molecule has 0 aliphatic carbocycles. The number of rotatable bonds is 6. The second-order valence-electron chi connectivity index (χ2n) is 6.34. The first kappa shape index (κ1) is 15.4. The third-order valence-electron chi connectivity index (χ3n) is 2.12. The van der Waals surface area contributed by atoms with E-state index in [0.29, 0.717) is 12.0 Å². The molecule has 0 bridgehead atoms. The zero-order valence-electron chi connectivity index (χ0n) is 11.7. The van der Waals surface area contributed by atoms with Crippen molar-refractivity contribution < 1.29 is 8.85 Å². The van der Waals surface area contributed by atoms with E-state index in [2.05, 4.69) is 53.1 Å². The van der Waals surface area contributed by atoms with Crippen molar-refractivity contribution in [3.8, 4) is 0 Å². The summed E-state index contributed by atoms with van der Waals surface area (Å²) in [6, 6.07) is 0. The van der Waals surface area contributed by atoms with Gasteiger partial charge in [-0.05, 0) is 46.2 Å². The molecule has 0 aromatic carbocycles. The van der Waals surface area contributed by atoms with Crippen LogP contribution in [0.3, 0.4) is 0 Å². The van der Waals surface area contributed by atoms with Gasteiger partial charge in [0.05, 0.1) is 0 Å². The van der Waals surface area contributed by atoms with Crippen molar-refractivity contribution in [1.82, 2.24) is 0 Å². The highest BCUT2D eigenvalue weighted by Gasteiger charge is 2.23. The molecular weight excluding hydrogens is 220 g/mol. The molecule has 0 rings (SSSR count). The van der Waals surface area contributed by atoms with Gasteiger partial charge in [-0.3, -0.25) is 0 Å². The van der Waals surface area contributed by atoms with Gasteiger partial charge in [-0.1, -0.05) is 6.92 Å². The summed E-state index contributed by atoms with van der Waals surface area (Å²) in [6.45, 7) is 18.6. The second kappa shape index (κ2) is 5.61. The molecule has 0 fully saturated rings. The minimum absolute atomic E-state index is 0.313. The lowest BCUT2D eigenvalue weighted by molar-refractivity contribution is 0.111. The molecule has 0 N–H and O–H groups in total. The fourth-order valence-corrected chi connectivity index (χ4v) is 3.30. The van der Waals surface area contributed by atoms with Crippen LogP contribution in [0.4, 0.5) is 0 Å². The maximum atomic E-state index is 6.04. The SMILES string of the molecule is CC(CO[Si](C)(C)C)C(C)O[Si](C)(C)C. The van der Waals surface area contributed by atoms with E-state index in [9.17, 15) is 0 Å². The molecule has 15 heavy (non-hydrogen) atoms. The van der Waals surface area contributed by atoms with Gasteiger partial charge < -0.3 is 8.85 Å². The zero-order valence-corrected chi connectivity index (χ0v) is 13.7. The topological polar surface area (TPSA) is 18.5 Å². The van der Waals surface area contributed by atoms with Gasteiger partial charge in [0.2, 0.25) is 0 Å². The molecule has 0 heterocycles. The first-order valence-corrected chi connectivity index (χ1v) is 12.6. The van der Waals surface area contributed by atoms with E-state index in [1.807, 2.05) is 0 Å². The van der Waals surface area contributed by atoms with Gasteiger partial charge in [0.1, 0.15) is 0 Å². The quantitative estimate of drug-likeness (QED) is 0.667. The lowest BCUT2D eigenvalue weighted by Gasteiger charge is -2.29. The zero-order chi connectivity index (χ0) is 12.3. The fourth-order valence-electron chi connectivity index (χ4n) is 1.19. The molecule has 0 aromatic rings. The van der Waals surface area contributed by atoms with Crippen LogP contribution >= 0.6 is 0 Å². The van der Waals surface area contributed by atoms with Gasteiger partial charge >= 0.3 is 0 Å². The largest absolute Gasteiger partial charge is 0.417 e. The molecule has 0 aliphatic rings. The standard InChI is InChI=1S/C11H28O2Si2/c1-10(9-12-14(3,4)5)11(2)13-15(6,7)8/h10-11H,9H2,1-8H3. The molecule has 2 unspecified atom stereocenters. The summed E-state index contributed by atoms with van der Waals surface area (Å²) in [6.07, 6.45) is 0.313. The van der Waals surface area contributed by atoms with Crippen LogP contribution in [0.5, 0.6) is 0 Å². The Hall–Kier alpha value is 0.354. The normalized spacial score (nSPS) is 17.6. The average molecular weight is 249 g/mol. The maximum absolute atomic E-state index is 6.04. The first-order valence-electron chi connectivity index (χ1n) is 5.83. The van der Waals surface area contributed by atoms with E-state index in [-0.39, 0.29) is 0 Å². The van der Waals surface area contributed by atoms with Crippen molar-refractivity contribution in [2.24, 2.45) is 5.92 Å². The second-order valence-corrected chi connectivity index (χ2v) is 15.3. The summed E-state index contributed by atoms with van der Waals surface area (Å²) < 4.78 is 11.9. The van der Waals surface area contributed by atoms with E-state index in [1.165, 1.54) is 0 Å². The Labute approximate surface area is 97.6 Å². The van der Waals surface area contributed by atoms with Gasteiger partial charge in [0, 0.05) is 18.6 Å². The van der Waals surface area contributed by atoms with E-state index in [1.54, 1.807) is 0 Å². The van der Waals surface area contributed by atoms with Crippen molar-refractivity contribution in [3.05, 3.63) is 0 Å². The number of hydrogen-bond acceptors (Lipinski definition) is 2. The van der Waals surface area contributed by atoms with Crippen molar-refractivity contribution in [3.63, 3.8) is 0 Å². The molecular formula is C11H28O2Si2. The lowest BCUT2D eigenvalue weighted by atomic mass is 10.1. The summed E-state index contributed by atoms with van der Waals surface area (Å²) >= 11 is 0. The molecule has 4 heteroatoms. The van der Waals surface area contributed by atoms with Gasteiger partial charge in [0.25, 0.3) is 0 Å². The molecule has 0 aliphatic heterocycles. The predicted molar refractivity (Wildman–Crippen MR) is 72.4 cm³/mol. The van der Waals surface area contributed by atoms with Crippen LogP contribution in [0.1, 0.15) is 13.8 Å². The minimum Gasteiger partial charge on any atom is -0.417 e. The molecule has 2 atom stereocenters. The molecule has 0 saturated carbocycles. The van der Waals surface area contributed by atoms with Crippen LogP contribution in [0.15, 0.2) is 0 Å². The Morgan fingerprint density at radius 1 is 0.867 bits per heavy atom. The Balaban J connectivity index is 3.95. The van der Waals surface area contributed by atoms with E-state index < -0.39 is 16.6 Å². The van der Waals surface area contributed by atoms with Gasteiger partial charge in [-0.25, -0.2) is 0 Å². The Morgan fingerprint density at radius 3 is 1.67 bits per heavy atom. The Bertz CT molecular complexity index is 182. The monoisotopic (exact) mass is 248 g/mol. The van der Waals surface area contributed by atoms with Crippen molar-refractivity contribution in [2.75, 3.05) is 6.61 Å². The molecule has 2 nitrogen and oxygen atoms in total. The molecule has 0 saturated heterocycles. The third-order valence-corrected chi connectivity index (χ3v) is 4.23. The first-order chi connectivity index (χ1) is 6.51. The van der Waals surface area contributed by atoms with Crippen LogP contribution in [-0.2, 0) is 8.85 Å². The van der Waals surface area contributed by atoms with Crippen molar-refractivity contribution in [2.45, 2.75) is 59.2 Å². The van der Waals surface area contributed by atoms with Gasteiger partial charge in [-0.2, -0.15) is 0 Å². The highest BCUT2D eigenvalue weighted by atomic mass is 28.4. The molecule has 0 spiro atoms. The maximum Gasteiger partial charge on any atom is 0.184 e. The molecule has 0 amide bonds. The van der Waals surface area contributed by atoms with Crippen LogP contribution < -0.4 is 0 Å². The highest BCUT2D eigenvalue weighted by Crippen LogP contribution is 2.16. The summed E-state index contributed by atoms with van der Waals surface area (Å²) in [5.74, 6) is 0.489. The average Bonchev–Trinajstić information content (AvgIpc) is 1.95. The van der Waals surface area contributed by atoms with Gasteiger partial charge in [-0.15, -0.1) is 0 Å². The number of hydrogen-bond donors (Lipinski definition) is 0. The lowest BCUT2D eigenvalue weighted by Crippen LogP contribution is -2.37. The predicted octanol–water partition coefficient (Wildman–Crippen LogP) is 3.71. The van der Waals surface area contributed by atoms with E-state index in [0.717, 1.165) is 6.61 Å². The Kier molecular flexibility index (Phi) is 5.75. The summed E-state index contributed by atoms with van der Waals surface area (Å²) in [5, 5.41) is 0. The van der Waals surface area contributed by atoms with Gasteiger partial charge in [0.15, 0.2) is 16.6 Å². The van der Waals surface area contributed by atoms with Crippen LogP contribution in [0.2, 0.25) is 39.3 Å². The Morgan fingerprint density at radius 2 is 1.33 bits per heavy atom. The summed E-state index contributed by atoms with van der Waals surface area (Å²) in [5.41, 5.74) is 0. The molecule has 0 aromatic heterocycles. The highest BCUT2D eigenvalue weighted by molar-refractivity contribution is 6.70. The van der Waals surface area contributed by atoms with Crippen LogP contribution in [0, 0.1) is 5.92 Å². The van der Waals surface area contributed by atoms with Crippen LogP contribution in [0.25, 0.3) is 0 Å². The summed E-state index contributed by atoms with van der Waals surface area (Å²) in [4.78, 5) is 0. The summed E-state index contributed by atoms with van der Waals surface area (Å²) in [7, 11) is -2.77. The van der Waals surface area contributed by atoms with Crippen molar-refractivity contribution in [1.29, 1.82) is 0 Å². The van der Waals surface area contributed by atoms with Crippen LogP contribution in [-0.4, -0.2) is 29.3 Å². The van der Waals surface area contributed by atoms with E-state index in [4.69, 9.17) is 8.85 Å². The minimum atomic E-state index is -1.40. The van der Waals surface area contributed by atoms with E-state index >= 15 is 0 Å². The van der Waals surface area contributed by atoms with Crippen molar-refractivity contribution >= 4 is 16.6 Å². The molecule has 92 valence electrons. The molecule has 0 radical (unpaired) electrons. The fraction of sp³-hybridized carbons (Fsp3) is 1.00. The third kappa shape index (κ3) is 9.29.